The monoisotopic (exact) mass is 283 g/mol. The molecular formula is C17H17NO3. The van der Waals surface area contributed by atoms with E-state index in [2.05, 4.69) is 0 Å². The largest absolute Gasteiger partial charge is 0.481 e. The lowest BCUT2D eigenvalue weighted by molar-refractivity contribution is -0.139. The second-order valence-corrected chi connectivity index (χ2v) is 5.47. The van der Waals surface area contributed by atoms with Crippen molar-refractivity contribution in [1.82, 2.24) is 4.57 Å². The van der Waals surface area contributed by atoms with E-state index >= 15 is 0 Å². The van der Waals surface area contributed by atoms with E-state index in [1.807, 2.05) is 35.8 Å². The maximum absolute atomic E-state index is 12.7. The smallest absolute Gasteiger partial charge is 0.312 e. The van der Waals surface area contributed by atoms with Crippen molar-refractivity contribution in [2.24, 2.45) is 0 Å². The Morgan fingerprint density at radius 1 is 1.19 bits per heavy atom. The highest BCUT2D eigenvalue weighted by molar-refractivity contribution is 6.09. The molecule has 108 valence electrons. The second-order valence-electron chi connectivity index (χ2n) is 5.47. The lowest BCUT2D eigenvalue weighted by atomic mass is 9.96. The summed E-state index contributed by atoms with van der Waals surface area (Å²) in [7, 11) is 0. The number of fused-ring (bicyclic) bond motifs is 1. The minimum absolute atomic E-state index is 0.0367. The third kappa shape index (κ3) is 2.27. The number of ketones is 1. The number of carbonyl (C=O) groups is 2. The molecule has 1 aromatic heterocycles. The van der Waals surface area contributed by atoms with Crippen molar-refractivity contribution in [3.63, 3.8) is 0 Å². The standard InChI is InChI=1S/C17H17NO3/c1-11-5-2-3-6-12(11)16(19)15-9-8-14-13(17(20)21)7-4-10-18(14)15/h2-3,5-6,8-9,13H,4,7,10H2,1H3,(H,20,21). The molecule has 0 saturated carbocycles. The van der Waals surface area contributed by atoms with E-state index in [1.165, 1.54) is 0 Å². The highest BCUT2D eigenvalue weighted by Gasteiger charge is 2.29. The molecule has 21 heavy (non-hydrogen) atoms. The van der Waals surface area contributed by atoms with Crippen molar-refractivity contribution < 1.29 is 14.7 Å². The average Bonchev–Trinajstić information content (AvgIpc) is 2.90. The van der Waals surface area contributed by atoms with Gasteiger partial charge in [-0.3, -0.25) is 9.59 Å². The summed E-state index contributed by atoms with van der Waals surface area (Å²) in [5.74, 6) is -1.36. The number of rotatable bonds is 3. The van der Waals surface area contributed by atoms with Crippen LogP contribution in [0.1, 0.15) is 46.1 Å². The van der Waals surface area contributed by atoms with Gasteiger partial charge in [0.15, 0.2) is 0 Å². The van der Waals surface area contributed by atoms with Gasteiger partial charge in [0.25, 0.3) is 0 Å². The summed E-state index contributed by atoms with van der Waals surface area (Å²) in [5.41, 5.74) is 2.94. The number of aliphatic carboxylic acids is 1. The van der Waals surface area contributed by atoms with Crippen LogP contribution < -0.4 is 0 Å². The normalized spacial score (nSPS) is 17.3. The minimum Gasteiger partial charge on any atom is -0.481 e. The van der Waals surface area contributed by atoms with Gasteiger partial charge < -0.3 is 9.67 Å². The van der Waals surface area contributed by atoms with Crippen LogP contribution in [0.25, 0.3) is 0 Å². The Morgan fingerprint density at radius 3 is 2.67 bits per heavy atom. The fourth-order valence-electron chi connectivity index (χ4n) is 3.05. The summed E-state index contributed by atoms with van der Waals surface area (Å²) in [4.78, 5) is 24.0. The molecule has 1 unspecified atom stereocenters. The highest BCUT2D eigenvalue weighted by Crippen LogP contribution is 2.30. The predicted octanol–water partition coefficient (Wildman–Crippen LogP) is 2.99. The van der Waals surface area contributed by atoms with Crippen LogP contribution >= 0.6 is 0 Å². The second kappa shape index (κ2) is 5.20. The predicted molar refractivity (Wildman–Crippen MR) is 78.7 cm³/mol. The summed E-state index contributed by atoms with van der Waals surface area (Å²) in [6, 6.07) is 11.0. The third-order valence-corrected chi connectivity index (χ3v) is 4.17. The Labute approximate surface area is 123 Å². The highest BCUT2D eigenvalue weighted by atomic mass is 16.4. The first-order valence-electron chi connectivity index (χ1n) is 7.12. The molecule has 2 aromatic rings. The first-order valence-corrected chi connectivity index (χ1v) is 7.12. The Morgan fingerprint density at radius 2 is 1.95 bits per heavy atom. The van der Waals surface area contributed by atoms with Crippen molar-refractivity contribution in [3.8, 4) is 0 Å². The summed E-state index contributed by atoms with van der Waals surface area (Å²) < 4.78 is 1.87. The van der Waals surface area contributed by atoms with Crippen LogP contribution in [0.3, 0.4) is 0 Å². The quantitative estimate of drug-likeness (QED) is 0.881. The van der Waals surface area contributed by atoms with Gasteiger partial charge in [-0.1, -0.05) is 24.3 Å². The molecule has 1 aromatic carbocycles. The first kappa shape index (κ1) is 13.6. The third-order valence-electron chi connectivity index (χ3n) is 4.17. The van der Waals surface area contributed by atoms with Crippen molar-refractivity contribution >= 4 is 11.8 Å². The van der Waals surface area contributed by atoms with Gasteiger partial charge in [0.1, 0.15) is 0 Å². The number of aromatic nitrogens is 1. The van der Waals surface area contributed by atoms with Crippen molar-refractivity contribution in [1.29, 1.82) is 0 Å². The van der Waals surface area contributed by atoms with Gasteiger partial charge in [-0.2, -0.15) is 0 Å². The molecule has 3 rings (SSSR count). The Hall–Kier alpha value is -2.36. The zero-order valence-corrected chi connectivity index (χ0v) is 11.9. The number of carbonyl (C=O) groups excluding carboxylic acids is 1. The number of hydrogen-bond acceptors (Lipinski definition) is 2. The molecule has 4 heteroatoms. The first-order chi connectivity index (χ1) is 10.1. The molecule has 0 spiro atoms. The summed E-state index contributed by atoms with van der Waals surface area (Å²) >= 11 is 0. The molecule has 1 N–H and O–H groups in total. The van der Waals surface area contributed by atoms with Crippen molar-refractivity contribution in [2.75, 3.05) is 0 Å². The molecule has 0 bridgehead atoms. The van der Waals surface area contributed by atoms with Gasteiger partial charge in [-0.05, 0) is 37.5 Å². The fourth-order valence-corrected chi connectivity index (χ4v) is 3.05. The van der Waals surface area contributed by atoms with Crippen LogP contribution in [-0.2, 0) is 11.3 Å². The summed E-state index contributed by atoms with van der Waals surface area (Å²) in [6.45, 7) is 2.62. The van der Waals surface area contributed by atoms with E-state index in [-0.39, 0.29) is 5.78 Å². The van der Waals surface area contributed by atoms with Gasteiger partial charge in [0.2, 0.25) is 5.78 Å². The summed E-state index contributed by atoms with van der Waals surface area (Å²) in [5, 5.41) is 9.30. The van der Waals surface area contributed by atoms with Crippen LogP contribution in [-0.4, -0.2) is 21.4 Å². The number of aryl methyl sites for hydroxylation is 1. The molecule has 0 saturated heterocycles. The SMILES string of the molecule is Cc1ccccc1C(=O)c1ccc2n1CCCC2C(=O)O. The van der Waals surface area contributed by atoms with Gasteiger partial charge in [-0.25, -0.2) is 0 Å². The number of carboxylic acids is 1. The topological polar surface area (TPSA) is 59.3 Å². The van der Waals surface area contributed by atoms with E-state index in [4.69, 9.17) is 0 Å². The molecule has 1 aliphatic rings. The van der Waals surface area contributed by atoms with Crippen LogP contribution in [0.15, 0.2) is 36.4 Å². The average molecular weight is 283 g/mol. The zero-order valence-electron chi connectivity index (χ0n) is 11.9. The Kier molecular flexibility index (Phi) is 3.37. The maximum atomic E-state index is 12.7. The summed E-state index contributed by atoms with van der Waals surface area (Å²) in [6.07, 6.45) is 1.42. The number of hydrogen-bond donors (Lipinski definition) is 1. The van der Waals surface area contributed by atoms with Gasteiger partial charge in [-0.15, -0.1) is 0 Å². The molecule has 0 radical (unpaired) electrons. The van der Waals surface area contributed by atoms with Crippen molar-refractivity contribution in [3.05, 3.63) is 58.9 Å². The lowest BCUT2D eigenvalue weighted by Gasteiger charge is -2.23. The fraction of sp³-hybridized carbons (Fsp3) is 0.294. The Bertz CT molecular complexity index is 715. The number of nitrogens with zero attached hydrogens (tertiary/aromatic N) is 1. The van der Waals surface area contributed by atoms with E-state index in [9.17, 15) is 14.7 Å². The molecule has 0 amide bonds. The van der Waals surface area contributed by atoms with E-state index < -0.39 is 11.9 Å². The number of carboxylic acid groups (broad SMARTS) is 1. The van der Waals surface area contributed by atoms with Crippen molar-refractivity contribution in [2.45, 2.75) is 32.2 Å². The van der Waals surface area contributed by atoms with Gasteiger partial charge in [0.05, 0.1) is 11.6 Å². The van der Waals surface area contributed by atoms with Crippen LogP contribution in [0.4, 0.5) is 0 Å². The maximum Gasteiger partial charge on any atom is 0.312 e. The van der Waals surface area contributed by atoms with Crippen LogP contribution in [0.2, 0.25) is 0 Å². The zero-order chi connectivity index (χ0) is 15.0. The molecule has 2 heterocycles. The van der Waals surface area contributed by atoms with Crippen LogP contribution in [0, 0.1) is 6.92 Å². The lowest BCUT2D eigenvalue weighted by Crippen LogP contribution is -2.24. The van der Waals surface area contributed by atoms with E-state index in [0.29, 0.717) is 24.2 Å². The molecule has 0 aliphatic carbocycles. The van der Waals surface area contributed by atoms with Gasteiger partial charge in [0, 0.05) is 17.8 Å². The molecule has 1 atom stereocenters. The molecular weight excluding hydrogens is 266 g/mol. The molecule has 1 aliphatic heterocycles. The Balaban J connectivity index is 2.04. The molecule has 0 fully saturated rings. The van der Waals surface area contributed by atoms with Gasteiger partial charge >= 0.3 is 5.97 Å². The van der Waals surface area contributed by atoms with E-state index in [1.54, 1.807) is 12.1 Å². The molecule has 4 nitrogen and oxygen atoms in total. The van der Waals surface area contributed by atoms with E-state index in [0.717, 1.165) is 17.7 Å². The van der Waals surface area contributed by atoms with Crippen LogP contribution in [0.5, 0.6) is 0 Å². The minimum atomic E-state index is -0.816. The number of benzene rings is 1.